The lowest BCUT2D eigenvalue weighted by Gasteiger charge is -2.18. The van der Waals surface area contributed by atoms with Gasteiger partial charge in [0.1, 0.15) is 0 Å². The first kappa shape index (κ1) is 20.1. The van der Waals surface area contributed by atoms with Crippen molar-refractivity contribution in [2.75, 3.05) is 5.32 Å². The van der Waals surface area contributed by atoms with E-state index in [0.717, 1.165) is 15.8 Å². The van der Waals surface area contributed by atoms with Gasteiger partial charge in [-0.3, -0.25) is 14.2 Å². The summed E-state index contributed by atoms with van der Waals surface area (Å²) in [7, 11) is 0. The summed E-state index contributed by atoms with van der Waals surface area (Å²) in [5.74, 6) is -0.199. The Bertz CT molecular complexity index is 1080. The van der Waals surface area contributed by atoms with E-state index in [-0.39, 0.29) is 22.2 Å². The van der Waals surface area contributed by atoms with Crippen molar-refractivity contribution in [1.29, 1.82) is 0 Å². The Kier molecular flexibility index (Phi) is 5.57. The number of carbonyl (C=O) groups is 1. The van der Waals surface area contributed by atoms with Crippen LogP contribution in [0.5, 0.6) is 0 Å². The highest BCUT2D eigenvalue weighted by Crippen LogP contribution is 2.24. The number of hydrogen-bond donors (Lipinski definition) is 1. The molecule has 0 saturated heterocycles. The molecule has 1 amide bonds. The van der Waals surface area contributed by atoms with E-state index in [1.54, 1.807) is 10.6 Å². The second kappa shape index (κ2) is 7.76. The van der Waals surface area contributed by atoms with Gasteiger partial charge in [-0.05, 0) is 54.7 Å². The molecule has 1 aromatic heterocycles. The normalized spacial score (nSPS) is 12.2. The van der Waals surface area contributed by atoms with Crippen LogP contribution in [0.1, 0.15) is 51.8 Å². The molecule has 0 spiro atoms. The van der Waals surface area contributed by atoms with E-state index >= 15 is 0 Å². The van der Waals surface area contributed by atoms with E-state index in [9.17, 15) is 9.59 Å². The lowest BCUT2D eigenvalue weighted by molar-refractivity contribution is -0.111. The molecule has 0 bridgehead atoms. The molecule has 0 saturated carbocycles. The summed E-state index contributed by atoms with van der Waals surface area (Å²) in [6.07, 6.45) is 3.33. The van der Waals surface area contributed by atoms with E-state index < -0.39 is 0 Å². The van der Waals surface area contributed by atoms with E-state index in [2.05, 4.69) is 38.2 Å². The van der Waals surface area contributed by atoms with Gasteiger partial charge in [0.05, 0.1) is 10.2 Å². The Balaban J connectivity index is 1.72. The van der Waals surface area contributed by atoms with Crippen molar-refractivity contribution in [3.8, 4) is 0 Å². The van der Waals surface area contributed by atoms with Gasteiger partial charge < -0.3 is 5.32 Å². The number of thiazole rings is 1. The number of fused-ring (bicyclic) bond motifs is 1. The number of hydrogen-bond acceptors (Lipinski definition) is 3. The number of nitrogens with one attached hydrogen (secondary N) is 1. The predicted molar refractivity (Wildman–Crippen MR) is 119 cm³/mol. The topological polar surface area (TPSA) is 51.1 Å². The SMILES string of the molecule is CC(C)n1c(=O)sc2cc(NC(=O)/C=C/c3ccc(C(C)(C)C)cc3)ccc21. The molecule has 0 aliphatic rings. The van der Waals surface area contributed by atoms with E-state index in [4.69, 9.17) is 0 Å². The second-order valence-electron chi connectivity index (χ2n) is 8.21. The van der Waals surface area contributed by atoms with E-state index in [1.807, 2.05) is 44.2 Å². The molecule has 0 aliphatic heterocycles. The summed E-state index contributed by atoms with van der Waals surface area (Å²) >= 11 is 1.20. The Morgan fingerprint density at radius 2 is 1.79 bits per heavy atom. The zero-order chi connectivity index (χ0) is 20.5. The molecule has 4 nitrogen and oxygen atoms in total. The minimum absolute atomic E-state index is 0.0204. The number of nitrogens with zero attached hydrogens (tertiary/aromatic N) is 1. The smallest absolute Gasteiger partial charge is 0.308 e. The minimum atomic E-state index is -0.199. The fourth-order valence-electron chi connectivity index (χ4n) is 3.05. The third-order valence-corrected chi connectivity index (χ3v) is 5.52. The highest BCUT2D eigenvalue weighted by Gasteiger charge is 2.13. The molecule has 2 aromatic carbocycles. The number of carbonyl (C=O) groups excluding carboxylic acids is 1. The van der Waals surface area contributed by atoms with Crippen LogP contribution in [0.3, 0.4) is 0 Å². The third-order valence-electron chi connectivity index (χ3n) is 4.60. The molecule has 0 unspecified atom stereocenters. The van der Waals surface area contributed by atoms with Crippen LogP contribution in [0.4, 0.5) is 5.69 Å². The first-order chi connectivity index (χ1) is 13.1. The van der Waals surface area contributed by atoms with Gasteiger partial charge in [0.2, 0.25) is 5.91 Å². The molecule has 0 aliphatic carbocycles. The number of anilines is 1. The third kappa shape index (κ3) is 4.42. The maximum absolute atomic E-state index is 12.3. The molecule has 3 aromatic rings. The van der Waals surface area contributed by atoms with Gasteiger partial charge in [-0.2, -0.15) is 0 Å². The molecular formula is C23H26N2O2S. The largest absolute Gasteiger partial charge is 0.322 e. The van der Waals surface area contributed by atoms with Gasteiger partial charge in [0.15, 0.2) is 0 Å². The molecule has 1 heterocycles. The average molecular weight is 395 g/mol. The Morgan fingerprint density at radius 1 is 1.11 bits per heavy atom. The summed E-state index contributed by atoms with van der Waals surface area (Å²) in [5.41, 5.74) is 3.93. The molecule has 3 rings (SSSR count). The summed E-state index contributed by atoms with van der Waals surface area (Å²) in [6, 6.07) is 13.9. The van der Waals surface area contributed by atoms with E-state index in [0.29, 0.717) is 5.69 Å². The second-order valence-corrected chi connectivity index (χ2v) is 9.20. The van der Waals surface area contributed by atoms with Crippen LogP contribution in [0.25, 0.3) is 16.3 Å². The summed E-state index contributed by atoms with van der Waals surface area (Å²) in [5, 5.41) is 2.87. The van der Waals surface area contributed by atoms with Gasteiger partial charge in [0, 0.05) is 17.8 Å². The van der Waals surface area contributed by atoms with Crippen LogP contribution in [-0.4, -0.2) is 10.5 Å². The van der Waals surface area contributed by atoms with Gasteiger partial charge >= 0.3 is 4.87 Å². The predicted octanol–water partition coefficient (Wildman–Crippen LogP) is 5.59. The molecule has 28 heavy (non-hydrogen) atoms. The zero-order valence-electron chi connectivity index (χ0n) is 16.9. The minimum Gasteiger partial charge on any atom is -0.322 e. The molecular weight excluding hydrogens is 368 g/mol. The van der Waals surface area contributed by atoms with Crippen LogP contribution < -0.4 is 10.2 Å². The van der Waals surface area contributed by atoms with Crippen LogP contribution in [0, 0.1) is 0 Å². The van der Waals surface area contributed by atoms with Crippen LogP contribution >= 0.6 is 11.3 Å². The molecule has 5 heteroatoms. The van der Waals surface area contributed by atoms with Crippen molar-refractivity contribution < 1.29 is 4.79 Å². The van der Waals surface area contributed by atoms with Gasteiger partial charge in [-0.15, -0.1) is 0 Å². The molecule has 1 N–H and O–H groups in total. The standard InChI is InChI=1S/C23H26N2O2S/c1-15(2)25-19-12-11-18(14-20(19)28-22(25)27)24-21(26)13-8-16-6-9-17(10-7-16)23(3,4)5/h6-15H,1-5H3,(H,24,26)/b13-8+. The van der Waals surface area contributed by atoms with Gasteiger partial charge in [-0.1, -0.05) is 56.4 Å². The molecule has 146 valence electrons. The number of amides is 1. The fourth-order valence-corrected chi connectivity index (χ4v) is 4.11. The fraction of sp³-hybridized carbons (Fsp3) is 0.304. The number of aromatic nitrogens is 1. The van der Waals surface area contributed by atoms with Crippen molar-refractivity contribution in [2.45, 2.75) is 46.1 Å². The maximum atomic E-state index is 12.3. The van der Waals surface area contributed by atoms with Crippen molar-refractivity contribution in [2.24, 2.45) is 0 Å². The summed E-state index contributed by atoms with van der Waals surface area (Å²) in [6.45, 7) is 10.5. The first-order valence-electron chi connectivity index (χ1n) is 9.40. The Hall–Kier alpha value is -2.66. The van der Waals surface area contributed by atoms with Crippen molar-refractivity contribution in [3.63, 3.8) is 0 Å². The van der Waals surface area contributed by atoms with Crippen molar-refractivity contribution in [1.82, 2.24) is 4.57 Å². The van der Waals surface area contributed by atoms with Gasteiger partial charge in [-0.25, -0.2) is 0 Å². The zero-order valence-corrected chi connectivity index (χ0v) is 17.8. The van der Waals surface area contributed by atoms with Crippen LogP contribution in [0.15, 0.2) is 53.3 Å². The Morgan fingerprint density at radius 3 is 2.39 bits per heavy atom. The first-order valence-corrected chi connectivity index (χ1v) is 10.2. The highest BCUT2D eigenvalue weighted by molar-refractivity contribution is 7.16. The quantitative estimate of drug-likeness (QED) is 0.586. The van der Waals surface area contributed by atoms with Crippen LogP contribution in [0.2, 0.25) is 0 Å². The van der Waals surface area contributed by atoms with Crippen molar-refractivity contribution >= 4 is 39.2 Å². The van der Waals surface area contributed by atoms with E-state index in [1.165, 1.54) is 23.0 Å². The average Bonchev–Trinajstić information content (AvgIpc) is 2.94. The van der Waals surface area contributed by atoms with Gasteiger partial charge in [0.25, 0.3) is 0 Å². The summed E-state index contributed by atoms with van der Waals surface area (Å²) < 4.78 is 2.64. The monoisotopic (exact) mass is 394 g/mol. The highest BCUT2D eigenvalue weighted by atomic mass is 32.1. The summed E-state index contributed by atoms with van der Waals surface area (Å²) in [4.78, 5) is 24.4. The van der Waals surface area contributed by atoms with Crippen molar-refractivity contribution in [3.05, 3.63) is 69.3 Å². The molecule has 0 radical (unpaired) electrons. The molecule has 0 atom stereocenters. The molecule has 0 fully saturated rings. The van der Waals surface area contributed by atoms with Crippen LogP contribution in [-0.2, 0) is 10.2 Å². The number of benzene rings is 2. The maximum Gasteiger partial charge on any atom is 0.308 e. The Labute approximate surface area is 169 Å². The number of rotatable bonds is 4. The lowest BCUT2D eigenvalue weighted by atomic mass is 9.87. The lowest BCUT2D eigenvalue weighted by Crippen LogP contribution is -2.14.